The molecular formula is C17H13BrO3. The number of furan rings is 1. The van der Waals surface area contributed by atoms with E-state index in [1.54, 1.807) is 6.07 Å². The maximum absolute atomic E-state index is 12.2. The smallest absolute Gasteiger partial charge is 0.379 e. The lowest BCUT2D eigenvalue weighted by Crippen LogP contribution is -2.09. The molecule has 2 aromatic carbocycles. The second-order valence-corrected chi connectivity index (χ2v) is 5.82. The summed E-state index contributed by atoms with van der Waals surface area (Å²) in [7, 11) is 0. The van der Waals surface area contributed by atoms with E-state index in [2.05, 4.69) is 15.9 Å². The highest BCUT2D eigenvalue weighted by Gasteiger charge is 2.17. The summed E-state index contributed by atoms with van der Waals surface area (Å²) in [5, 5.41) is 0.883. The predicted molar refractivity (Wildman–Crippen MR) is 84.8 cm³/mol. The monoisotopic (exact) mass is 344 g/mol. The Balaban J connectivity index is 1.93. The molecule has 4 heteroatoms. The zero-order valence-electron chi connectivity index (χ0n) is 11.6. The number of rotatable bonds is 2. The summed E-state index contributed by atoms with van der Waals surface area (Å²) < 4.78 is 12.0. The molecule has 0 N–H and O–H groups in total. The molecule has 0 aliphatic rings. The fourth-order valence-electron chi connectivity index (χ4n) is 2.28. The quantitative estimate of drug-likeness (QED) is 0.483. The molecule has 3 rings (SSSR count). The van der Waals surface area contributed by atoms with Crippen LogP contribution in [-0.2, 0) is 0 Å². The van der Waals surface area contributed by atoms with E-state index < -0.39 is 5.97 Å². The largest absolute Gasteiger partial charge is 0.449 e. The molecule has 0 radical (unpaired) electrons. The fraction of sp³-hybridized carbons (Fsp3) is 0.118. The molecule has 0 spiro atoms. The van der Waals surface area contributed by atoms with Gasteiger partial charge in [0.05, 0.1) is 0 Å². The van der Waals surface area contributed by atoms with Crippen LogP contribution in [-0.4, -0.2) is 5.97 Å². The Labute approximate surface area is 130 Å². The number of benzene rings is 2. The summed E-state index contributed by atoms with van der Waals surface area (Å²) in [4.78, 5) is 12.2. The van der Waals surface area contributed by atoms with E-state index in [4.69, 9.17) is 9.15 Å². The second-order valence-electron chi connectivity index (χ2n) is 4.91. The first-order chi connectivity index (χ1) is 10.0. The number of halogens is 1. The van der Waals surface area contributed by atoms with Crippen LogP contribution in [0.15, 0.2) is 51.4 Å². The summed E-state index contributed by atoms with van der Waals surface area (Å²) in [6.45, 7) is 3.80. The molecule has 0 saturated heterocycles. The third-order valence-electron chi connectivity index (χ3n) is 3.25. The first-order valence-corrected chi connectivity index (χ1v) is 7.31. The van der Waals surface area contributed by atoms with Crippen molar-refractivity contribution in [2.24, 2.45) is 0 Å². The lowest BCUT2D eigenvalue weighted by Gasteiger charge is -2.10. The Morgan fingerprint density at radius 1 is 1.10 bits per heavy atom. The van der Waals surface area contributed by atoms with Gasteiger partial charge in [-0.15, -0.1) is 0 Å². The highest BCUT2D eigenvalue weighted by molar-refractivity contribution is 9.10. The van der Waals surface area contributed by atoms with Gasteiger partial charge in [-0.3, -0.25) is 0 Å². The van der Waals surface area contributed by atoms with Crippen molar-refractivity contribution in [1.82, 2.24) is 0 Å². The van der Waals surface area contributed by atoms with Crippen LogP contribution in [0.25, 0.3) is 11.0 Å². The number of hydrogen-bond donors (Lipinski definition) is 0. The van der Waals surface area contributed by atoms with Crippen LogP contribution in [0, 0.1) is 13.8 Å². The molecule has 0 bridgehead atoms. The van der Waals surface area contributed by atoms with Crippen LogP contribution >= 0.6 is 15.9 Å². The Hall–Kier alpha value is -2.07. The number of ether oxygens (including phenoxy) is 1. The average molecular weight is 345 g/mol. The normalized spacial score (nSPS) is 10.8. The van der Waals surface area contributed by atoms with Gasteiger partial charge in [-0.1, -0.05) is 34.1 Å². The van der Waals surface area contributed by atoms with Crippen molar-refractivity contribution in [2.75, 3.05) is 0 Å². The molecule has 0 saturated carbocycles. The van der Waals surface area contributed by atoms with E-state index in [-0.39, 0.29) is 5.76 Å². The van der Waals surface area contributed by atoms with E-state index in [1.807, 2.05) is 50.2 Å². The molecule has 0 atom stereocenters. The summed E-state index contributed by atoms with van der Waals surface area (Å²) in [5.41, 5.74) is 2.46. The number of para-hydroxylation sites is 1. The van der Waals surface area contributed by atoms with E-state index in [0.717, 1.165) is 21.0 Å². The highest BCUT2D eigenvalue weighted by atomic mass is 79.9. The van der Waals surface area contributed by atoms with E-state index in [1.165, 1.54) is 0 Å². The van der Waals surface area contributed by atoms with Crippen LogP contribution in [0.5, 0.6) is 5.75 Å². The SMILES string of the molecule is Cc1cc(Br)cc(C)c1OC(=O)c1cc2ccccc2o1. The third kappa shape index (κ3) is 2.72. The standard InChI is InChI=1S/C17H13BrO3/c1-10-7-13(18)8-11(2)16(10)21-17(19)15-9-12-5-3-4-6-14(12)20-15/h3-9H,1-2H3. The molecular weight excluding hydrogens is 332 g/mol. The van der Waals surface area contributed by atoms with Crippen LogP contribution in [0.2, 0.25) is 0 Å². The summed E-state index contributed by atoms with van der Waals surface area (Å²) in [5.74, 6) is 0.293. The minimum absolute atomic E-state index is 0.206. The van der Waals surface area contributed by atoms with Crippen molar-refractivity contribution in [3.63, 3.8) is 0 Å². The van der Waals surface area contributed by atoms with E-state index in [9.17, 15) is 4.79 Å². The molecule has 1 heterocycles. The molecule has 3 aromatic rings. The van der Waals surface area contributed by atoms with Gasteiger partial charge in [-0.25, -0.2) is 4.79 Å². The number of hydrogen-bond acceptors (Lipinski definition) is 3. The topological polar surface area (TPSA) is 39.4 Å². The predicted octanol–water partition coefficient (Wildman–Crippen LogP) is 5.03. The van der Waals surface area contributed by atoms with Crippen LogP contribution in [0.4, 0.5) is 0 Å². The van der Waals surface area contributed by atoms with Gasteiger partial charge in [0.15, 0.2) is 0 Å². The van der Waals surface area contributed by atoms with Gasteiger partial charge < -0.3 is 9.15 Å². The van der Waals surface area contributed by atoms with Gasteiger partial charge in [-0.2, -0.15) is 0 Å². The Morgan fingerprint density at radius 2 is 1.76 bits per heavy atom. The van der Waals surface area contributed by atoms with Crippen molar-refractivity contribution in [2.45, 2.75) is 13.8 Å². The highest BCUT2D eigenvalue weighted by Crippen LogP contribution is 2.28. The number of carbonyl (C=O) groups is 1. The Kier molecular flexibility index (Phi) is 3.55. The molecule has 3 nitrogen and oxygen atoms in total. The molecule has 1 aromatic heterocycles. The first-order valence-electron chi connectivity index (χ1n) is 6.52. The minimum Gasteiger partial charge on any atom is -0.449 e. The number of aryl methyl sites for hydroxylation is 2. The summed E-state index contributed by atoms with van der Waals surface area (Å²) >= 11 is 3.42. The number of esters is 1. The molecule has 0 unspecified atom stereocenters. The molecule has 106 valence electrons. The van der Waals surface area contributed by atoms with Crippen LogP contribution in [0.3, 0.4) is 0 Å². The molecule has 0 aliphatic heterocycles. The van der Waals surface area contributed by atoms with Crippen LogP contribution < -0.4 is 4.74 Å². The second kappa shape index (κ2) is 5.37. The molecule has 0 fully saturated rings. The zero-order chi connectivity index (χ0) is 15.0. The lowest BCUT2D eigenvalue weighted by molar-refractivity contribution is 0.0701. The maximum Gasteiger partial charge on any atom is 0.379 e. The van der Waals surface area contributed by atoms with Gasteiger partial charge in [0.25, 0.3) is 0 Å². The zero-order valence-corrected chi connectivity index (χ0v) is 13.2. The number of fused-ring (bicyclic) bond motifs is 1. The first kappa shape index (κ1) is 13.9. The van der Waals surface area contributed by atoms with Crippen molar-refractivity contribution in [3.8, 4) is 5.75 Å². The van der Waals surface area contributed by atoms with Crippen molar-refractivity contribution in [1.29, 1.82) is 0 Å². The fourth-order valence-corrected chi connectivity index (χ4v) is 2.97. The van der Waals surface area contributed by atoms with E-state index >= 15 is 0 Å². The Morgan fingerprint density at radius 3 is 2.43 bits per heavy atom. The molecule has 0 aliphatic carbocycles. The average Bonchev–Trinajstić information content (AvgIpc) is 2.86. The van der Waals surface area contributed by atoms with Crippen LogP contribution in [0.1, 0.15) is 21.7 Å². The van der Waals surface area contributed by atoms with Gasteiger partial charge in [0.1, 0.15) is 11.3 Å². The maximum atomic E-state index is 12.2. The Bertz CT molecular complexity index is 777. The van der Waals surface area contributed by atoms with Crippen molar-refractivity contribution in [3.05, 3.63) is 63.8 Å². The summed E-state index contributed by atoms with van der Waals surface area (Å²) in [6.07, 6.45) is 0. The van der Waals surface area contributed by atoms with Gasteiger partial charge in [0, 0.05) is 9.86 Å². The minimum atomic E-state index is -0.486. The van der Waals surface area contributed by atoms with Crippen molar-refractivity contribution < 1.29 is 13.9 Å². The summed E-state index contributed by atoms with van der Waals surface area (Å²) in [6, 6.07) is 13.0. The van der Waals surface area contributed by atoms with Gasteiger partial charge in [-0.05, 0) is 49.2 Å². The van der Waals surface area contributed by atoms with E-state index in [0.29, 0.717) is 11.3 Å². The molecule has 0 amide bonds. The lowest BCUT2D eigenvalue weighted by atomic mass is 10.1. The van der Waals surface area contributed by atoms with Crippen molar-refractivity contribution >= 4 is 32.9 Å². The number of carbonyl (C=O) groups excluding carboxylic acids is 1. The molecule has 21 heavy (non-hydrogen) atoms. The van der Waals surface area contributed by atoms with Gasteiger partial charge >= 0.3 is 5.97 Å². The third-order valence-corrected chi connectivity index (χ3v) is 3.70. The van der Waals surface area contributed by atoms with Gasteiger partial charge in [0.2, 0.25) is 5.76 Å².